The summed E-state index contributed by atoms with van der Waals surface area (Å²) in [6.45, 7) is 5.56. The van der Waals surface area contributed by atoms with Crippen LogP contribution >= 0.6 is 0 Å². The lowest BCUT2D eigenvalue weighted by Gasteiger charge is -2.24. The Balaban J connectivity index is 2.70. The van der Waals surface area contributed by atoms with Gasteiger partial charge in [0.25, 0.3) is 10.2 Å². The lowest BCUT2D eigenvalue weighted by atomic mass is 10.1. The second-order valence-electron chi connectivity index (χ2n) is 5.04. The molecule has 0 aromatic carbocycles. The molecule has 2 N–H and O–H groups in total. The second kappa shape index (κ2) is 4.31. The lowest BCUT2D eigenvalue weighted by Crippen LogP contribution is -2.48. The van der Waals surface area contributed by atoms with E-state index in [-0.39, 0.29) is 13.1 Å². The van der Waals surface area contributed by atoms with Crippen LogP contribution in [0.4, 0.5) is 0 Å². The smallest absolute Gasteiger partial charge is 0.307 e. The summed E-state index contributed by atoms with van der Waals surface area (Å²) in [7, 11) is -3.56. The van der Waals surface area contributed by atoms with Crippen LogP contribution in [0.15, 0.2) is 0 Å². The van der Waals surface area contributed by atoms with Crippen LogP contribution in [-0.4, -0.2) is 42.4 Å². The standard InChI is InChI=1S/C9H18N2O4S/c1-9(2,3)10-16(14,15)11-5-4-7(6-11)8(12)13/h7,10H,4-6H2,1-3H3,(H,12,13). The maximum absolute atomic E-state index is 11.8. The quantitative estimate of drug-likeness (QED) is 0.739. The monoisotopic (exact) mass is 250 g/mol. The van der Waals surface area contributed by atoms with E-state index in [4.69, 9.17) is 5.11 Å². The fourth-order valence-electron chi connectivity index (χ4n) is 1.60. The predicted molar refractivity (Wildman–Crippen MR) is 59.1 cm³/mol. The molecule has 94 valence electrons. The molecule has 0 amide bonds. The number of aliphatic carboxylic acids is 1. The van der Waals surface area contributed by atoms with E-state index in [1.165, 1.54) is 4.31 Å². The molecule has 16 heavy (non-hydrogen) atoms. The van der Waals surface area contributed by atoms with Crippen molar-refractivity contribution >= 4 is 16.2 Å². The third-order valence-corrected chi connectivity index (χ3v) is 4.16. The zero-order valence-electron chi connectivity index (χ0n) is 9.73. The largest absolute Gasteiger partial charge is 0.481 e. The Morgan fingerprint density at radius 3 is 2.38 bits per heavy atom. The average molecular weight is 250 g/mol. The third kappa shape index (κ3) is 3.43. The number of hydrogen-bond donors (Lipinski definition) is 2. The maximum atomic E-state index is 11.8. The first-order valence-corrected chi connectivity index (χ1v) is 6.58. The number of carbonyl (C=O) groups is 1. The lowest BCUT2D eigenvalue weighted by molar-refractivity contribution is -0.141. The van der Waals surface area contributed by atoms with Gasteiger partial charge in [0.2, 0.25) is 0 Å². The minimum absolute atomic E-state index is 0.0563. The molecule has 1 aliphatic rings. The van der Waals surface area contributed by atoms with E-state index in [0.29, 0.717) is 6.42 Å². The van der Waals surface area contributed by atoms with Gasteiger partial charge in [0.1, 0.15) is 0 Å². The zero-order chi connectivity index (χ0) is 12.6. The van der Waals surface area contributed by atoms with Crippen molar-refractivity contribution < 1.29 is 18.3 Å². The third-order valence-electron chi connectivity index (χ3n) is 2.28. The Hall–Kier alpha value is -0.660. The summed E-state index contributed by atoms with van der Waals surface area (Å²) in [5.74, 6) is -1.52. The molecule has 1 heterocycles. The fraction of sp³-hybridized carbons (Fsp3) is 0.889. The van der Waals surface area contributed by atoms with Crippen molar-refractivity contribution in [2.24, 2.45) is 5.92 Å². The topological polar surface area (TPSA) is 86.7 Å². The van der Waals surface area contributed by atoms with Crippen molar-refractivity contribution in [3.63, 3.8) is 0 Å². The van der Waals surface area contributed by atoms with Gasteiger partial charge in [0, 0.05) is 18.6 Å². The summed E-state index contributed by atoms with van der Waals surface area (Å²) >= 11 is 0. The second-order valence-corrected chi connectivity index (χ2v) is 6.71. The van der Waals surface area contributed by atoms with E-state index in [1.807, 2.05) is 0 Å². The fourth-order valence-corrected chi connectivity index (χ4v) is 3.22. The molecule has 0 aromatic heterocycles. The zero-order valence-corrected chi connectivity index (χ0v) is 10.5. The van der Waals surface area contributed by atoms with E-state index < -0.39 is 27.6 Å². The van der Waals surface area contributed by atoms with Crippen LogP contribution in [0.1, 0.15) is 27.2 Å². The number of carboxylic acid groups (broad SMARTS) is 1. The number of nitrogens with zero attached hydrogens (tertiary/aromatic N) is 1. The Morgan fingerprint density at radius 2 is 2.00 bits per heavy atom. The highest BCUT2D eigenvalue weighted by Crippen LogP contribution is 2.19. The predicted octanol–water partition coefficient (Wildman–Crippen LogP) is 0.0258. The maximum Gasteiger partial charge on any atom is 0.307 e. The van der Waals surface area contributed by atoms with Crippen molar-refractivity contribution in [3.8, 4) is 0 Å². The van der Waals surface area contributed by atoms with Crippen molar-refractivity contribution in [1.29, 1.82) is 0 Å². The molecule has 1 atom stereocenters. The van der Waals surface area contributed by atoms with Crippen LogP contribution in [0.25, 0.3) is 0 Å². The van der Waals surface area contributed by atoms with Gasteiger partial charge in [-0.2, -0.15) is 17.4 Å². The molecule has 0 aliphatic carbocycles. The average Bonchev–Trinajstić information content (AvgIpc) is 2.46. The summed E-state index contributed by atoms with van der Waals surface area (Å²) in [6, 6.07) is 0. The summed E-state index contributed by atoms with van der Waals surface area (Å²) in [4.78, 5) is 10.7. The Kier molecular flexibility index (Phi) is 3.61. The minimum atomic E-state index is -3.56. The molecular formula is C9H18N2O4S. The van der Waals surface area contributed by atoms with Crippen molar-refractivity contribution in [3.05, 3.63) is 0 Å². The van der Waals surface area contributed by atoms with Crippen molar-refractivity contribution in [2.45, 2.75) is 32.7 Å². The molecule has 1 rings (SSSR count). The molecule has 1 fully saturated rings. The van der Waals surface area contributed by atoms with Crippen LogP contribution in [0, 0.1) is 5.92 Å². The Morgan fingerprint density at radius 1 is 1.44 bits per heavy atom. The van der Waals surface area contributed by atoms with Gasteiger partial charge in [-0.3, -0.25) is 4.79 Å². The van der Waals surface area contributed by atoms with Crippen molar-refractivity contribution in [1.82, 2.24) is 9.03 Å². The molecular weight excluding hydrogens is 232 g/mol. The normalized spacial score (nSPS) is 23.6. The van der Waals surface area contributed by atoms with Gasteiger partial charge < -0.3 is 5.11 Å². The summed E-state index contributed by atoms with van der Waals surface area (Å²) < 4.78 is 27.4. The van der Waals surface area contributed by atoms with Gasteiger partial charge in [0.15, 0.2) is 0 Å². The molecule has 1 aliphatic heterocycles. The molecule has 0 bridgehead atoms. The summed E-state index contributed by atoms with van der Waals surface area (Å²) in [5, 5.41) is 8.79. The molecule has 7 heteroatoms. The van der Waals surface area contributed by atoms with Crippen LogP contribution in [0.2, 0.25) is 0 Å². The SMILES string of the molecule is CC(C)(C)NS(=O)(=O)N1CCC(C(=O)O)C1. The van der Waals surface area contributed by atoms with Crippen LogP contribution in [-0.2, 0) is 15.0 Å². The van der Waals surface area contributed by atoms with E-state index in [9.17, 15) is 13.2 Å². The van der Waals surface area contributed by atoms with Crippen LogP contribution in [0.3, 0.4) is 0 Å². The van der Waals surface area contributed by atoms with Gasteiger partial charge in [-0.1, -0.05) is 0 Å². The van der Waals surface area contributed by atoms with E-state index in [1.54, 1.807) is 20.8 Å². The van der Waals surface area contributed by atoms with E-state index >= 15 is 0 Å². The van der Waals surface area contributed by atoms with Gasteiger partial charge in [0.05, 0.1) is 5.92 Å². The number of rotatable bonds is 3. The minimum Gasteiger partial charge on any atom is -0.481 e. The molecule has 0 aromatic rings. The van der Waals surface area contributed by atoms with Crippen molar-refractivity contribution in [2.75, 3.05) is 13.1 Å². The van der Waals surface area contributed by atoms with Crippen LogP contribution < -0.4 is 4.72 Å². The first-order valence-electron chi connectivity index (χ1n) is 5.14. The first-order chi connectivity index (χ1) is 7.12. The van der Waals surface area contributed by atoms with Gasteiger partial charge in [-0.05, 0) is 27.2 Å². The molecule has 1 unspecified atom stereocenters. The summed E-state index contributed by atoms with van der Waals surface area (Å²) in [6.07, 6.45) is 0.375. The Labute approximate surface area is 95.8 Å². The molecule has 0 radical (unpaired) electrons. The summed E-state index contributed by atoms with van der Waals surface area (Å²) in [5.41, 5.74) is -0.555. The number of carboxylic acids is 1. The molecule has 6 nitrogen and oxygen atoms in total. The highest BCUT2D eigenvalue weighted by atomic mass is 32.2. The molecule has 1 saturated heterocycles. The highest BCUT2D eigenvalue weighted by Gasteiger charge is 2.36. The number of hydrogen-bond acceptors (Lipinski definition) is 3. The van der Waals surface area contributed by atoms with Crippen LogP contribution in [0.5, 0.6) is 0 Å². The van der Waals surface area contributed by atoms with E-state index in [2.05, 4.69) is 4.72 Å². The Bertz CT molecular complexity index is 371. The van der Waals surface area contributed by atoms with Gasteiger partial charge in [-0.15, -0.1) is 0 Å². The first kappa shape index (κ1) is 13.4. The number of nitrogens with one attached hydrogen (secondary N) is 1. The van der Waals surface area contributed by atoms with Gasteiger partial charge in [-0.25, -0.2) is 0 Å². The molecule has 0 saturated carbocycles. The molecule has 0 spiro atoms. The van der Waals surface area contributed by atoms with Gasteiger partial charge >= 0.3 is 5.97 Å². The van der Waals surface area contributed by atoms with E-state index in [0.717, 1.165) is 0 Å². The highest BCUT2D eigenvalue weighted by molar-refractivity contribution is 7.87.